The lowest BCUT2D eigenvalue weighted by Crippen LogP contribution is -2.22. The fourth-order valence-corrected chi connectivity index (χ4v) is 4.20. The molecule has 9 nitrogen and oxygen atoms in total. The van der Waals surface area contributed by atoms with E-state index in [9.17, 15) is 14.9 Å². The van der Waals surface area contributed by atoms with Crippen LogP contribution in [0.3, 0.4) is 0 Å². The predicted molar refractivity (Wildman–Crippen MR) is 135 cm³/mol. The zero-order valence-corrected chi connectivity index (χ0v) is 19.9. The van der Waals surface area contributed by atoms with Gasteiger partial charge in [0.1, 0.15) is 5.75 Å². The molecule has 35 heavy (non-hydrogen) atoms. The zero-order chi connectivity index (χ0) is 24.8. The second kappa shape index (κ2) is 10.8. The molecule has 0 aliphatic rings. The number of ether oxygens (including phenoxy) is 1. The van der Waals surface area contributed by atoms with E-state index in [1.165, 1.54) is 23.9 Å². The smallest absolute Gasteiger partial charge is 0.269 e. The van der Waals surface area contributed by atoms with Crippen LogP contribution in [0.4, 0.5) is 11.4 Å². The summed E-state index contributed by atoms with van der Waals surface area (Å²) in [5.74, 6) is 1.08. The Balaban J connectivity index is 1.58. The quantitative estimate of drug-likeness (QED) is 0.191. The first kappa shape index (κ1) is 24.0. The molecule has 3 aromatic carbocycles. The van der Waals surface area contributed by atoms with Crippen molar-refractivity contribution in [3.8, 4) is 22.8 Å². The fraction of sp³-hybridized carbons (Fsp3) is 0.160. The summed E-state index contributed by atoms with van der Waals surface area (Å²) in [4.78, 5) is 23.5. The number of thioether (sulfide) groups is 1. The van der Waals surface area contributed by atoms with Gasteiger partial charge in [-0.15, -0.1) is 10.2 Å². The molecule has 0 saturated carbocycles. The number of non-ortho nitro benzene ring substituents is 1. The number of nitro groups is 1. The minimum atomic E-state index is -0.474. The second-order valence-corrected chi connectivity index (χ2v) is 8.80. The fourth-order valence-electron chi connectivity index (χ4n) is 3.33. The van der Waals surface area contributed by atoms with Crippen molar-refractivity contribution in [2.75, 3.05) is 11.9 Å². The number of nitrogens with one attached hydrogen (secondary N) is 1. The van der Waals surface area contributed by atoms with Gasteiger partial charge < -0.3 is 10.1 Å². The monoisotopic (exact) mass is 489 g/mol. The van der Waals surface area contributed by atoms with Crippen LogP contribution in [0.1, 0.15) is 13.8 Å². The third kappa shape index (κ3) is 5.67. The molecule has 0 saturated heterocycles. The Labute approximate surface area is 206 Å². The third-order valence-corrected chi connectivity index (χ3v) is 6.11. The van der Waals surface area contributed by atoms with E-state index in [0.29, 0.717) is 28.8 Å². The first-order valence-corrected chi connectivity index (χ1v) is 11.8. The standard InChI is InChI=1S/C25H23N5O4S/c1-3-34-22-15-11-19(12-16-22)26-24(31)17(2)35-25-28-27-23(29(25)20-7-5-4-6-8-20)18-9-13-21(14-10-18)30(32)33/h4-17H,3H2,1-2H3,(H,26,31)/t17-/m0/s1. The summed E-state index contributed by atoms with van der Waals surface area (Å²) in [5, 5.41) is 22.7. The lowest BCUT2D eigenvalue weighted by Gasteiger charge is -2.14. The average Bonchev–Trinajstić information content (AvgIpc) is 3.29. The number of carbonyl (C=O) groups excluding carboxylic acids is 1. The predicted octanol–water partition coefficient (Wildman–Crippen LogP) is 5.36. The van der Waals surface area contributed by atoms with Gasteiger partial charge in [-0.05, 0) is 62.4 Å². The highest BCUT2D eigenvalue weighted by molar-refractivity contribution is 8.00. The lowest BCUT2D eigenvalue weighted by molar-refractivity contribution is -0.384. The van der Waals surface area contributed by atoms with Gasteiger partial charge in [0.2, 0.25) is 5.91 Å². The zero-order valence-electron chi connectivity index (χ0n) is 19.1. The van der Waals surface area contributed by atoms with Crippen molar-refractivity contribution in [1.82, 2.24) is 14.8 Å². The van der Waals surface area contributed by atoms with E-state index in [1.807, 2.05) is 41.8 Å². The molecule has 0 spiro atoms. The molecule has 0 radical (unpaired) electrons. The van der Waals surface area contributed by atoms with Gasteiger partial charge in [-0.25, -0.2) is 0 Å². The summed E-state index contributed by atoms with van der Waals surface area (Å²) in [5.41, 5.74) is 2.15. The van der Waals surface area contributed by atoms with Crippen LogP contribution in [0, 0.1) is 10.1 Å². The maximum atomic E-state index is 12.9. The number of para-hydroxylation sites is 1. The highest BCUT2D eigenvalue weighted by Crippen LogP contribution is 2.31. The minimum absolute atomic E-state index is 0.00583. The molecule has 0 aliphatic carbocycles. The highest BCUT2D eigenvalue weighted by atomic mass is 32.2. The Hall–Kier alpha value is -4.18. The number of anilines is 1. The summed E-state index contributed by atoms with van der Waals surface area (Å²) in [7, 11) is 0. The third-order valence-electron chi connectivity index (χ3n) is 5.07. The minimum Gasteiger partial charge on any atom is -0.494 e. The molecule has 0 unspecified atom stereocenters. The molecule has 1 aromatic heterocycles. The summed E-state index contributed by atoms with van der Waals surface area (Å²) in [6, 6.07) is 22.8. The molecule has 4 aromatic rings. The van der Waals surface area contributed by atoms with E-state index >= 15 is 0 Å². The van der Waals surface area contributed by atoms with Crippen molar-refractivity contribution < 1.29 is 14.5 Å². The van der Waals surface area contributed by atoms with Crippen LogP contribution in [-0.4, -0.2) is 37.5 Å². The molecule has 0 aliphatic heterocycles. The Morgan fingerprint density at radius 2 is 1.74 bits per heavy atom. The number of carbonyl (C=O) groups is 1. The molecule has 1 N–H and O–H groups in total. The number of hydrogen-bond acceptors (Lipinski definition) is 7. The van der Waals surface area contributed by atoms with Crippen LogP contribution in [0.2, 0.25) is 0 Å². The average molecular weight is 490 g/mol. The molecule has 4 rings (SSSR count). The van der Waals surface area contributed by atoms with Crippen molar-refractivity contribution in [1.29, 1.82) is 0 Å². The Bertz CT molecular complexity index is 1310. The van der Waals surface area contributed by atoms with Gasteiger partial charge in [0.25, 0.3) is 5.69 Å². The molecule has 1 atom stereocenters. The van der Waals surface area contributed by atoms with Crippen molar-refractivity contribution >= 4 is 29.0 Å². The van der Waals surface area contributed by atoms with E-state index in [1.54, 1.807) is 43.3 Å². The van der Waals surface area contributed by atoms with Crippen LogP contribution in [0.25, 0.3) is 17.1 Å². The van der Waals surface area contributed by atoms with Crippen molar-refractivity contribution in [2.45, 2.75) is 24.3 Å². The molecule has 1 heterocycles. The Kier molecular flexibility index (Phi) is 7.41. The number of nitro benzene ring substituents is 1. The first-order valence-electron chi connectivity index (χ1n) is 10.9. The van der Waals surface area contributed by atoms with Crippen molar-refractivity contribution in [3.05, 3.63) is 89.0 Å². The summed E-state index contributed by atoms with van der Waals surface area (Å²) in [6.07, 6.45) is 0. The molecule has 1 amide bonds. The van der Waals surface area contributed by atoms with Crippen LogP contribution < -0.4 is 10.1 Å². The van der Waals surface area contributed by atoms with Gasteiger partial charge in [0.05, 0.1) is 16.8 Å². The number of amides is 1. The maximum absolute atomic E-state index is 12.9. The lowest BCUT2D eigenvalue weighted by atomic mass is 10.2. The van der Waals surface area contributed by atoms with Gasteiger partial charge in [0, 0.05) is 29.1 Å². The van der Waals surface area contributed by atoms with Crippen LogP contribution in [-0.2, 0) is 4.79 Å². The largest absolute Gasteiger partial charge is 0.494 e. The van der Waals surface area contributed by atoms with Gasteiger partial charge in [0.15, 0.2) is 11.0 Å². The van der Waals surface area contributed by atoms with Crippen molar-refractivity contribution in [2.24, 2.45) is 0 Å². The Morgan fingerprint density at radius 3 is 2.37 bits per heavy atom. The number of aromatic nitrogens is 3. The first-order chi connectivity index (χ1) is 17.0. The molecular formula is C25H23N5O4S. The van der Waals surface area contributed by atoms with E-state index in [2.05, 4.69) is 15.5 Å². The van der Waals surface area contributed by atoms with Gasteiger partial charge in [-0.1, -0.05) is 30.0 Å². The van der Waals surface area contributed by atoms with Gasteiger partial charge >= 0.3 is 0 Å². The number of rotatable bonds is 9. The topological polar surface area (TPSA) is 112 Å². The summed E-state index contributed by atoms with van der Waals surface area (Å²) >= 11 is 1.27. The van der Waals surface area contributed by atoms with E-state index in [0.717, 1.165) is 11.4 Å². The van der Waals surface area contributed by atoms with Crippen LogP contribution in [0.15, 0.2) is 84.0 Å². The van der Waals surface area contributed by atoms with Gasteiger partial charge in [-0.3, -0.25) is 19.5 Å². The molecule has 0 fully saturated rings. The highest BCUT2D eigenvalue weighted by Gasteiger charge is 2.22. The normalized spacial score (nSPS) is 11.6. The summed E-state index contributed by atoms with van der Waals surface area (Å²) < 4.78 is 7.28. The second-order valence-electron chi connectivity index (χ2n) is 7.49. The van der Waals surface area contributed by atoms with Gasteiger partial charge in [-0.2, -0.15) is 0 Å². The van der Waals surface area contributed by atoms with Crippen molar-refractivity contribution in [3.63, 3.8) is 0 Å². The molecule has 10 heteroatoms. The van der Waals surface area contributed by atoms with E-state index in [-0.39, 0.29) is 11.6 Å². The van der Waals surface area contributed by atoms with Crippen LogP contribution >= 0.6 is 11.8 Å². The SMILES string of the molecule is CCOc1ccc(NC(=O)[C@H](C)Sc2nnc(-c3ccc([N+](=O)[O-])cc3)n2-c2ccccc2)cc1. The Morgan fingerprint density at radius 1 is 1.06 bits per heavy atom. The van der Waals surface area contributed by atoms with Crippen LogP contribution in [0.5, 0.6) is 5.75 Å². The number of benzene rings is 3. The molecule has 0 bridgehead atoms. The summed E-state index contributed by atoms with van der Waals surface area (Å²) in [6.45, 7) is 4.28. The number of hydrogen-bond donors (Lipinski definition) is 1. The number of nitrogens with zero attached hydrogens (tertiary/aromatic N) is 4. The maximum Gasteiger partial charge on any atom is 0.269 e. The molecule has 178 valence electrons. The molecular weight excluding hydrogens is 466 g/mol. The van der Waals surface area contributed by atoms with E-state index < -0.39 is 10.2 Å². The van der Waals surface area contributed by atoms with E-state index in [4.69, 9.17) is 4.74 Å².